The minimum atomic E-state index is -4.61. The first-order chi connectivity index (χ1) is 14.5. The van der Waals surface area contributed by atoms with Gasteiger partial charge in [0.1, 0.15) is 11.2 Å². The van der Waals surface area contributed by atoms with E-state index in [1.807, 2.05) is 36.4 Å². The van der Waals surface area contributed by atoms with E-state index < -0.39 is 23.2 Å². The van der Waals surface area contributed by atoms with Gasteiger partial charge in [0.05, 0.1) is 17.2 Å². The third-order valence-corrected chi connectivity index (χ3v) is 5.57. The highest BCUT2D eigenvalue weighted by atomic mass is 19.4. The largest absolute Gasteiger partial charge is 0.416 e. The molecule has 1 unspecified atom stereocenters. The van der Waals surface area contributed by atoms with E-state index in [1.54, 1.807) is 6.92 Å². The molecule has 3 rings (SSSR count). The molecule has 1 atom stereocenters. The molecule has 0 radical (unpaired) electrons. The Morgan fingerprint density at radius 2 is 1.74 bits per heavy atom. The number of alkyl halides is 3. The number of hydrogen-bond acceptors (Lipinski definition) is 3. The lowest BCUT2D eigenvalue weighted by Gasteiger charge is -2.45. The minimum absolute atomic E-state index is 0.0329. The molecule has 2 amide bonds. The quantitative estimate of drug-likeness (QED) is 0.699. The van der Waals surface area contributed by atoms with Crippen LogP contribution in [-0.4, -0.2) is 41.2 Å². The zero-order valence-corrected chi connectivity index (χ0v) is 17.2. The Kier molecular flexibility index (Phi) is 5.64. The number of piperazine rings is 1. The lowest BCUT2D eigenvalue weighted by atomic mass is 9.87. The number of carbonyl (C=O) groups excluding carboxylic acids is 2. The van der Waals surface area contributed by atoms with Gasteiger partial charge in [-0.2, -0.15) is 18.4 Å². The highest BCUT2D eigenvalue weighted by Gasteiger charge is 2.48. The van der Waals surface area contributed by atoms with Crippen molar-refractivity contribution < 1.29 is 22.8 Å². The first-order valence-electron chi connectivity index (χ1n) is 9.42. The molecule has 0 saturated carbocycles. The minimum Gasteiger partial charge on any atom is -0.326 e. The summed E-state index contributed by atoms with van der Waals surface area (Å²) in [5.74, 6) is -0.906. The van der Waals surface area contributed by atoms with Gasteiger partial charge in [-0.15, -0.1) is 0 Å². The molecular weight excluding hydrogens is 407 g/mol. The van der Waals surface area contributed by atoms with E-state index in [0.29, 0.717) is 0 Å². The van der Waals surface area contributed by atoms with E-state index in [-0.39, 0.29) is 29.2 Å². The molecule has 0 aliphatic carbocycles. The highest BCUT2D eigenvalue weighted by molar-refractivity contribution is 6.08. The molecule has 2 aromatic rings. The standard InChI is InChI=1S/C23H20F3N3O2/c1-22(13-15-7-5-4-6-8-15)21(31)28(2)19(20(30)29(22)3)12-17-11-18(23(24,25)26)10-9-16(17)14-27/h4-12H,13H2,1-3H3/b19-12-. The van der Waals surface area contributed by atoms with Crippen molar-refractivity contribution in [1.29, 1.82) is 5.26 Å². The third kappa shape index (κ3) is 4.04. The van der Waals surface area contributed by atoms with Crippen LogP contribution in [0.3, 0.4) is 0 Å². The zero-order chi connectivity index (χ0) is 23.0. The Bertz CT molecular complexity index is 1100. The summed E-state index contributed by atoms with van der Waals surface area (Å²) in [4.78, 5) is 28.8. The van der Waals surface area contributed by atoms with Crippen molar-refractivity contribution in [3.05, 3.63) is 76.5 Å². The lowest BCUT2D eigenvalue weighted by Crippen LogP contribution is -2.64. The van der Waals surface area contributed by atoms with Gasteiger partial charge < -0.3 is 9.80 Å². The normalized spacial score (nSPS) is 20.9. The van der Waals surface area contributed by atoms with Crippen LogP contribution in [0.4, 0.5) is 13.2 Å². The van der Waals surface area contributed by atoms with Gasteiger partial charge in [-0.25, -0.2) is 0 Å². The van der Waals surface area contributed by atoms with E-state index in [2.05, 4.69) is 0 Å². The number of nitrogens with zero attached hydrogens (tertiary/aromatic N) is 3. The van der Waals surface area contributed by atoms with Gasteiger partial charge in [0, 0.05) is 20.5 Å². The van der Waals surface area contributed by atoms with Crippen LogP contribution in [-0.2, 0) is 22.2 Å². The number of carbonyl (C=O) groups is 2. The topological polar surface area (TPSA) is 64.4 Å². The van der Waals surface area contributed by atoms with E-state index in [9.17, 15) is 28.0 Å². The van der Waals surface area contributed by atoms with Crippen LogP contribution in [0.25, 0.3) is 6.08 Å². The van der Waals surface area contributed by atoms with Crippen LogP contribution in [0, 0.1) is 11.3 Å². The second-order valence-electron chi connectivity index (χ2n) is 7.61. The molecular formula is C23H20F3N3O2. The van der Waals surface area contributed by atoms with Gasteiger partial charge in [0.15, 0.2) is 0 Å². The molecule has 31 heavy (non-hydrogen) atoms. The van der Waals surface area contributed by atoms with Crippen molar-refractivity contribution >= 4 is 17.9 Å². The average molecular weight is 427 g/mol. The number of hydrogen-bond donors (Lipinski definition) is 0. The molecule has 1 fully saturated rings. The summed E-state index contributed by atoms with van der Waals surface area (Å²) in [6.07, 6.45) is -3.17. The molecule has 5 nitrogen and oxygen atoms in total. The maximum atomic E-state index is 13.2. The number of halogens is 3. The Morgan fingerprint density at radius 1 is 1.10 bits per heavy atom. The van der Waals surface area contributed by atoms with Crippen molar-refractivity contribution in [3.8, 4) is 6.07 Å². The number of benzene rings is 2. The van der Waals surface area contributed by atoms with E-state index in [4.69, 9.17) is 0 Å². The van der Waals surface area contributed by atoms with Crippen molar-refractivity contribution in [3.63, 3.8) is 0 Å². The molecule has 0 N–H and O–H groups in total. The third-order valence-electron chi connectivity index (χ3n) is 5.57. The monoisotopic (exact) mass is 427 g/mol. The molecule has 1 saturated heterocycles. The predicted molar refractivity (Wildman–Crippen MR) is 108 cm³/mol. The van der Waals surface area contributed by atoms with Gasteiger partial charge in [0.2, 0.25) is 0 Å². The lowest BCUT2D eigenvalue weighted by molar-refractivity contribution is -0.155. The van der Waals surface area contributed by atoms with Gasteiger partial charge in [-0.1, -0.05) is 30.3 Å². The number of likely N-dealkylation sites (N-methyl/N-ethyl adjacent to an activating group) is 2. The predicted octanol–water partition coefficient (Wildman–Crippen LogP) is 3.85. The Balaban J connectivity index is 2.04. The molecule has 1 aliphatic heterocycles. The summed E-state index contributed by atoms with van der Waals surface area (Å²) >= 11 is 0. The fourth-order valence-electron chi connectivity index (χ4n) is 3.61. The first kappa shape index (κ1) is 22.1. The molecule has 2 aromatic carbocycles. The number of rotatable bonds is 3. The van der Waals surface area contributed by atoms with Crippen LogP contribution in [0.2, 0.25) is 0 Å². The van der Waals surface area contributed by atoms with Crippen LogP contribution in [0.1, 0.15) is 29.2 Å². The van der Waals surface area contributed by atoms with E-state index in [1.165, 1.54) is 19.0 Å². The summed E-state index contributed by atoms with van der Waals surface area (Å²) in [6.45, 7) is 1.65. The molecule has 0 spiro atoms. The van der Waals surface area contributed by atoms with Crippen LogP contribution >= 0.6 is 0 Å². The Morgan fingerprint density at radius 3 is 2.32 bits per heavy atom. The molecule has 0 aromatic heterocycles. The summed E-state index contributed by atoms with van der Waals surface area (Å²) in [5, 5.41) is 9.29. The highest BCUT2D eigenvalue weighted by Crippen LogP contribution is 2.34. The smallest absolute Gasteiger partial charge is 0.326 e. The van der Waals surface area contributed by atoms with E-state index in [0.717, 1.165) is 34.7 Å². The van der Waals surface area contributed by atoms with Crippen LogP contribution < -0.4 is 0 Å². The maximum Gasteiger partial charge on any atom is 0.416 e. The van der Waals surface area contributed by atoms with Gasteiger partial charge in [-0.05, 0) is 42.3 Å². The fraction of sp³-hybridized carbons (Fsp3) is 0.261. The van der Waals surface area contributed by atoms with Gasteiger partial charge in [-0.3, -0.25) is 9.59 Å². The second kappa shape index (κ2) is 7.91. The number of amides is 2. The van der Waals surface area contributed by atoms with Crippen LogP contribution in [0.15, 0.2) is 54.2 Å². The van der Waals surface area contributed by atoms with Crippen molar-refractivity contribution in [2.75, 3.05) is 14.1 Å². The molecule has 1 aliphatic rings. The maximum absolute atomic E-state index is 13.2. The summed E-state index contributed by atoms with van der Waals surface area (Å²) in [5.41, 5.74) is -1.47. The van der Waals surface area contributed by atoms with Crippen LogP contribution in [0.5, 0.6) is 0 Å². The summed E-state index contributed by atoms with van der Waals surface area (Å²) in [6, 6.07) is 13.7. The van der Waals surface area contributed by atoms with Gasteiger partial charge in [0.25, 0.3) is 11.8 Å². The number of nitriles is 1. The Labute approximate surface area is 178 Å². The van der Waals surface area contributed by atoms with Crippen molar-refractivity contribution in [2.45, 2.75) is 25.1 Å². The Hall–Kier alpha value is -3.60. The average Bonchev–Trinajstić information content (AvgIpc) is 2.74. The SMILES string of the molecule is CN1C(=O)C(C)(Cc2ccccc2)N(C)C(=O)/C1=C/c1cc(C(F)(F)F)ccc1C#N. The molecule has 1 heterocycles. The van der Waals surface area contributed by atoms with Crippen molar-refractivity contribution in [1.82, 2.24) is 9.80 Å². The van der Waals surface area contributed by atoms with Crippen molar-refractivity contribution in [2.24, 2.45) is 0 Å². The van der Waals surface area contributed by atoms with E-state index >= 15 is 0 Å². The first-order valence-corrected chi connectivity index (χ1v) is 9.42. The molecule has 160 valence electrons. The summed E-state index contributed by atoms with van der Waals surface area (Å²) < 4.78 is 39.4. The zero-order valence-electron chi connectivity index (χ0n) is 17.2. The van der Waals surface area contributed by atoms with Gasteiger partial charge >= 0.3 is 6.18 Å². The summed E-state index contributed by atoms with van der Waals surface area (Å²) in [7, 11) is 2.89. The molecule has 0 bridgehead atoms. The molecule has 8 heteroatoms. The fourth-order valence-corrected chi connectivity index (χ4v) is 3.61. The second-order valence-corrected chi connectivity index (χ2v) is 7.61.